The van der Waals surface area contributed by atoms with Gasteiger partial charge in [-0.25, -0.2) is 0 Å². The van der Waals surface area contributed by atoms with Crippen LogP contribution in [0, 0.1) is 0 Å². The van der Waals surface area contributed by atoms with E-state index in [1.54, 1.807) is 0 Å². The van der Waals surface area contributed by atoms with Gasteiger partial charge in [-0.2, -0.15) is 0 Å². The Kier molecular flexibility index (Phi) is 10.2. The van der Waals surface area contributed by atoms with Crippen molar-refractivity contribution in [1.29, 1.82) is 0 Å². The van der Waals surface area contributed by atoms with Crippen molar-refractivity contribution in [3.05, 3.63) is 127 Å². The Morgan fingerprint density at radius 3 is 1.33 bits per heavy atom. The molecule has 4 rings (SSSR count). The van der Waals surface area contributed by atoms with Gasteiger partial charge in [-0.1, -0.05) is 18.2 Å². The predicted octanol–water partition coefficient (Wildman–Crippen LogP) is 8.42. The first-order valence-electron chi connectivity index (χ1n) is 13.2. The molecule has 0 aromatic heterocycles. The van der Waals surface area contributed by atoms with Crippen molar-refractivity contribution in [1.82, 2.24) is 0 Å². The van der Waals surface area contributed by atoms with Crippen molar-refractivity contribution in [2.75, 3.05) is 12.8 Å². The SMILES string of the molecule is IP(CCCCCCCCOCc1ccccc1)(c1ccccc1)(c1ccccc1)c1ccccc1. The first kappa shape index (κ1) is 27.0. The molecule has 0 unspecified atom stereocenters. The summed E-state index contributed by atoms with van der Waals surface area (Å²) in [6.45, 7) is 1.58. The number of rotatable bonds is 14. The molecule has 0 amide bonds. The molecule has 3 heteroatoms. The van der Waals surface area contributed by atoms with Crippen LogP contribution in [0.5, 0.6) is 0 Å². The van der Waals surface area contributed by atoms with Gasteiger partial charge < -0.3 is 0 Å². The number of benzene rings is 4. The van der Waals surface area contributed by atoms with Crippen LogP contribution in [-0.4, -0.2) is 12.8 Å². The molecule has 0 fully saturated rings. The van der Waals surface area contributed by atoms with Crippen LogP contribution >= 0.6 is 26.3 Å². The van der Waals surface area contributed by atoms with Crippen molar-refractivity contribution in [2.45, 2.75) is 45.1 Å². The van der Waals surface area contributed by atoms with Gasteiger partial charge in [0.1, 0.15) is 0 Å². The average Bonchev–Trinajstić information content (AvgIpc) is 2.96. The summed E-state index contributed by atoms with van der Waals surface area (Å²) in [5.74, 6) is 0. The Labute approximate surface area is 230 Å². The molecule has 36 heavy (non-hydrogen) atoms. The van der Waals surface area contributed by atoms with Gasteiger partial charge in [0.05, 0.1) is 0 Å². The van der Waals surface area contributed by atoms with E-state index in [1.165, 1.54) is 59.7 Å². The summed E-state index contributed by atoms with van der Waals surface area (Å²) < 4.78 is 3.25. The second-order valence-electron chi connectivity index (χ2n) is 9.57. The predicted molar refractivity (Wildman–Crippen MR) is 168 cm³/mol. The quantitative estimate of drug-likeness (QED) is 0.0794. The molecular formula is C33H38IOP. The van der Waals surface area contributed by atoms with Gasteiger partial charge in [0, 0.05) is 0 Å². The maximum absolute atomic E-state index is 5.86. The average molecular weight is 609 g/mol. The zero-order chi connectivity index (χ0) is 25.0. The third kappa shape index (κ3) is 6.46. The molecule has 0 spiro atoms. The molecule has 1 nitrogen and oxygen atoms in total. The van der Waals surface area contributed by atoms with Gasteiger partial charge in [0.15, 0.2) is 0 Å². The Hall–Kier alpha value is -2.00. The standard InChI is InChI=1S/C33H38IOP/c34-36(31-21-11-6-12-22-31,32-23-13-7-14-24-32,33-25-15-8-16-26-33)28-18-4-2-1-3-17-27-35-29-30-19-9-5-10-20-30/h5-16,19-26H,1-4,17-18,27-29H2. The second-order valence-corrected chi connectivity index (χ2v) is 20.3. The molecule has 188 valence electrons. The molecule has 0 aliphatic carbocycles. The van der Waals surface area contributed by atoms with Crippen LogP contribution in [0.4, 0.5) is 0 Å². The van der Waals surface area contributed by atoms with Crippen LogP contribution in [0.1, 0.15) is 44.1 Å². The monoisotopic (exact) mass is 608 g/mol. The van der Waals surface area contributed by atoms with E-state index in [-0.39, 0.29) is 0 Å². The molecule has 0 saturated heterocycles. The summed E-state index contributed by atoms with van der Waals surface area (Å²) in [7, 11) is 0. The molecule has 4 aromatic carbocycles. The van der Waals surface area contributed by atoms with Crippen LogP contribution < -0.4 is 15.9 Å². The summed E-state index contributed by atoms with van der Waals surface area (Å²) in [6.07, 6.45) is 8.69. The number of halogens is 1. The summed E-state index contributed by atoms with van der Waals surface area (Å²) in [6, 6.07) is 44.3. The van der Waals surface area contributed by atoms with Crippen LogP contribution in [0.25, 0.3) is 0 Å². The van der Waals surface area contributed by atoms with Crippen LogP contribution in [0.2, 0.25) is 0 Å². The topological polar surface area (TPSA) is 9.23 Å². The molecule has 0 bridgehead atoms. The van der Waals surface area contributed by atoms with E-state index in [1.807, 2.05) is 0 Å². The summed E-state index contributed by atoms with van der Waals surface area (Å²) in [5.41, 5.74) is 1.26. The first-order chi connectivity index (χ1) is 17.7. The van der Waals surface area contributed by atoms with E-state index in [0.717, 1.165) is 19.6 Å². The van der Waals surface area contributed by atoms with Crippen molar-refractivity contribution in [3.63, 3.8) is 0 Å². The van der Waals surface area contributed by atoms with E-state index in [0.29, 0.717) is 0 Å². The Morgan fingerprint density at radius 1 is 0.472 bits per heavy atom. The Bertz CT molecular complexity index is 1050. The molecule has 4 aromatic rings. The van der Waals surface area contributed by atoms with Crippen molar-refractivity contribution in [3.8, 4) is 0 Å². The van der Waals surface area contributed by atoms with E-state index in [9.17, 15) is 0 Å². The Balaban J connectivity index is 1.36. The minimum atomic E-state index is -2.61. The summed E-state index contributed by atoms with van der Waals surface area (Å²) in [4.78, 5) is 0. The summed E-state index contributed by atoms with van der Waals surface area (Å²) >= 11 is 2.91. The van der Waals surface area contributed by atoms with E-state index < -0.39 is 4.25 Å². The minimum absolute atomic E-state index is 0.724. The molecule has 0 aliphatic heterocycles. The third-order valence-corrected chi connectivity index (χ3v) is 18.9. The fourth-order valence-electron chi connectivity index (χ4n) is 5.14. The normalized spacial score (nSPS) is 12.6. The molecule has 0 aliphatic rings. The zero-order valence-electron chi connectivity index (χ0n) is 21.1. The fraction of sp³-hybridized carbons (Fsp3) is 0.273. The molecule has 0 N–H and O–H groups in total. The number of hydrogen-bond acceptors (Lipinski definition) is 1. The molecule has 0 heterocycles. The number of ether oxygens (including phenoxy) is 1. The van der Waals surface area contributed by atoms with Crippen LogP contribution in [-0.2, 0) is 11.3 Å². The molecular weight excluding hydrogens is 570 g/mol. The van der Waals surface area contributed by atoms with Crippen LogP contribution in [0.3, 0.4) is 0 Å². The molecule has 0 radical (unpaired) electrons. The zero-order valence-corrected chi connectivity index (χ0v) is 24.2. The molecule has 0 atom stereocenters. The van der Waals surface area contributed by atoms with Gasteiger partial charge in [-0.05, 0) is 0 Å². The van der Waals surface area contributed by atoms with Crippen LogP contribution in [0.15, 0.2) is 121 Å². The molecule has 0 saturated carbocycles. The van der Waals surface area contributed by atoms with Gasteiger partial charge in [-0.3, -0.25) is 0 Å². The fourth-order valence-corrected chi connectivity index (χ4v) is 13.9. The summed E-state index contributed by atoms with van der Waals surface area (Å²) in [5, 5.41) is 4.45. The van der Waals surface area contributed by atoms with Crippen molar-refractivity contribution in [2.24, 2.45) is 0 Å². The van der Waals surface area contributed by atoms with Crippen molar-refractivity contribution < 1.29 is 4.74 Å². The van der Waals surface area contributed by atoms with Gasteiger partial charge in [0.25, 0.3) is 0 Å². The van der Waals surface area contributed by atoms with E-state index in [4.69, 9.17) is 4.74 Å². The maximum atomic E-state index is 5.86. The number of unbranched alkanes of at least 4 members (excludes halogenated alkanes) is 5. The second kappa shape index (κ2) is 13.5. The third-order valence-electron chi connectivity index (χ3n) is 7.11. The Morgan fingerprint density at radius 2 is 0.861 bits per heavy atom. The van der Waals surface area contributed by atoms with Gasteiger partial charge in [-0.15, -0.1) is 0 Å². The van der Waals surface area contributed by atoms with E-state index in [2.05, 4.69) is 143 Å². The number of hydrogen-bond donors (Lipinski definition) is 0. The van der Waals surface area contributed by atoms with E-state index >= 15 is 0 Å². The van der Waals surface area contributed by atoms with Gasteiger partial charge >= 0.3 is 214 Å². The first-order valence-corrected chi connectivity index (χ1v) is 18.4. The van der Waals surface area contributed by atoms with Gasteiger partial charge in [0.2, 0.25) is 0 Å². The van der Waals surface area contributed by atoms with Crippen molar-refractivity contribution >= 4 is 42.2 Å².